The molecule has 1 aromatic carbocycles. The molecule has 1 amide bonds. The zero-order valence-corrected chi connectivity index (χ0v) is 13.4. The van der Waals surface area contributed by atoms with Crippen molar-refractivity contribution in [2.75, 3.05) is 19.3 Å². The first-order chi connectivity index (χ1) is 9.74. The molecule has 0 spiro atoms. The SMILES string of the molecule is CC1CN(C(=O)c2ccc(CS(C)(=O)=O)cc2)CC(C)O1. The number of morpholine rings is 1. The van der Waals surface area contributed by atoms with Crippen LogP contribution in [0.1, 0.15) is 29.8 Å². The molecule has 116 valence electrons. The number of ether oxygens (including phenoxy) is 1. The van der Waals surface area contributed by atoms with Crippen LogP contribution in [0.5, 0.6) is 0 Å². The van der Waals surface area contributed by atoms with E-state index in [1.54, 1.807) is 29.2 Å². The molecule has 1 aromatic rings. The van der Waals surface area contributed by atoms with Gasteiger partial charge in [0.1, 0.15) is 0 Å². The molecule has 2 unspecified atom stereocenters. The number of benzene rings is 1. The zero-order chi connectivity index (χ0) is 15.6. The lowest BCUT2D eigenvalue weighted by Crippen LogP contribution is -2.48. The monoisotopic (exact) mass is 311 g/mol. The minimum absolute atomic E-state index is 0.00685. The van der Waals surface area contributed by atoms with E-state index in [1.807, 2.05) is 13.8 Å². The normalized spacial score (nSPS) is 23.1. The molecule has 0 N–H and O–H groups in total. The Morgan fingerprint density at radius 3 is 2.19 bits per heavy atom. The molecular weight excluding hydrogens is 290 g/mol. The van der Waals surface area contributed by atoms with Crippen molar-refractivity contribution in [3.8, 4) is 0 Å². The molecule has 1 aliphatic heterocycles. The third-order valence-corrected chi connectivity index (χ3v) is 4.19. The fourth-order valence-corrected chi connectivity index (χ4v) is 3.37. The number of rotatable bonds is 3. The molecular formula is C15H21NO4S. The Labute approximate surface area is 125 Å². The van der Waals surface area contributed by atoms with Crippen LogP contribution in [0.3, 0.4) is 0 Å². The van der Waals surface area contributed by atoms with Crippen LogP contribution in [0.15, 0.2) is 24.3 Å². The standard InChI is InChI=1S/C15H21NO4S/c1-11-8-16(9-12(2)20-11)15(17)14-6-4-13(5-7-14)10-21(3,18)19/h4-7,11-12H,8-10H2,1-3H3. The van der Waals surface area contributed by atoms with E-state index in [2.05, 4.69) is 0 Å². The third-order valence-electron chi connectivity index (χ3n) is 3.34. The lowest BCUT2D eigenvalue weighted by atomic mass is 10.1. The van der Waals surface area contributed by atoms with Gasteiger partial charge in [0.15, 0.2) is 9.84 Å². The second-order valence-corrected chi connectivity index (χ2v) is 7.87. The van der Waals surface area contributed by atoms with Gasteiger partial charge in [0.05, 0.1) is 18.0 Å². The Hall–Kier alpha value is -1.40. The first-order valence-electron chi connectivity index (χ1n) is 6.96. The Morgan fingerprint density at radius 2 is 1.71 bits per heavy atom. The summed E-state index contributed by atoms with van der Waals surface area (Å²) in [6.07, 6.45) is 1.26. The van der Waals surface area contributed by atoms with E-state index >= 15 is 0 Å². The van der Waals surface area contributed by atoms with Crippen molar-refractivity contribution in [3.63, 3.8) is 0 Å². The predicted octanol–water partition coefficient (Wildman–Crippen LogP) is 1.48. The van der Waals surface area contributed by atoms with E-state index in [4.69, 9.17) is 4.74 Å². The summed E-state index contributed by atoms with van der Waals surface area (Å²) in [4.78, 5) is 14.2. The van der Waals surface area contributed by atoms with Gasteiger partial charge in [-0.25, -0.2) is 8.42 Å². The second-order valence-electron chi connectivity index (χ2n) is 5.73. The molecule has 5 nitrogen and oxygen atoms in total. The van der Waals surface area contributed by atoms with E-state index in [0.717, 1.165) is 0 Å². The van der Waals surface area contributed by atoms with E-state index in [-0.39, 0.29) is 23.9 Å². The maximum Gasteiger partial charge on any atom is 0.254 e. The van der Waals surface area contributed by atoms with Crippen LogP contribution in [0.25, 0.3) is 0 Å². The molecule has 0 radical (unpaired) electrons. The number of hydrogen-bond donors (Lipinski definition) is 0. The molecule has 21 heavy (non-hydrogen) atoms. The molecule has 0 aliphatic carbocycles. The van der Waals surface area contributed by atoms with Crippen LogP contribution < -0.4 is 0 Å². The van der Waals surface area contributed by atoms with Crippen LogP contribution in [0.2, 0.25) is 0 Å². The summed E-state index contributed by atoms with van der Waals surface area (Å²) in [5, 5.41) is 0. The smallest absolute Gasteiger partial charge is 0.254 e. The van der Waals surface area contributed by atoms with Crippen LogP contribution in [0, 0.1) is 0 Å². The topological polar surface area (TPSA) is 63.7 Å². The third kappa shape index (κ3) is 4.54. The van der Waals surface area contributed by atoms with Crippen molar-refractivity contribution in [1.29, 1.82) is 0 Å². The molecule has 1 fully saturated rings. The summed E-state index contributed by atoms with van der Waals surface area (Å²) in [5.74, 6) is -0.0458. The zero-order valence-electron chi connectivity index (χ0n) is 12.6. The molecule has 2 atom stereocenters. The van der Waals surface area contributed by atoms with Crippen LogP contribution >= 0.6 is 0 Å². The van der Waals surface area contributed by atoms with E-state index < -0.39 is 9.84 Å². The van der Waals surface area contributed by atoms with Crippen molar-refractivity contribution < 1.29 is 17.9 Å². The van der Waals surface area contributed by atoms with Crippen molar-refractivity contribution in [2.24, 2.45) is 0 Å². The van der Waals surface area contributed by atoms with Gasteiger partial charge < -0.3 is 9.64 Å². The molecule has 1 heterocycles. The number of hydrogen-bond acceptors (Lipinski definition) is 4. The minimum atomic E-state index is -3.06. The average molecular weight is 311 g/mol. The van der Waals surface area contributed by atoms with Gasteiger partial charge >= 0.3 is 0 Å². The molecule has 0 aromatic heterocycles. The fourth-order valence-electron chi connectivity index (χ4n) is 2.57. The maximum absolute atomic E-state index is 12.4. The van der Waals surface area contributed by atoms with Crippen LogP contribution in [-0.4, -0.2) is 50.8 Å². The Kier molecular flexibility index (Phi) is 4.68. The quantitative estimate of drug-likeness (QED) is 0.848. The van der Waals surface area contributed by atoms with Crippen LogP contribution in [-0.2, 0) is 20.3 Å². The van der Waals surface area contributed by atoms with Crippen molar-refractivity contribution >= 4 is 15.7 Å². The van der Waals surface area contributed by atoms with Crippen molar-refractivity contribution in [2.45, 2.75) is 31.8 Å². The largest absolute Gasteiger partial charge is 0.372 e. The highest BCUT2D eigenvalue weighted by Gasteiger charge is 2.26. The Balaban J connectivity index is 2.09. The molecule has 1 saturated heterocycles. The highest BCUT2D eigenvalue weighted by atomic mass is 32.2. The number of amides is 1. The van der Waals surface area contributed by atoms with Gasteiger partial charge in [-0.2, -0.15) is 0 Å². The maximum atomic E-state index is 12.4. The minimum Gasteiger partial charge on any atom is -0.372 e. The van der Waals surface area contributed by atoms with E-state index in [0.29, 0.717) is 24.2 Å². The molecule has 0 bridgehead atoms. The summed E-state index contributed by atoms with van der Waals surface area (Å²) < 4.78 is 28.1. The molecule has 6 heteroatoms. The highest BCUT2D eigenvalue weighted by molar-refractivity contribution is 7.89. The molecule has 1 aliphatic rings. The van der Waals surface area contributed by atoms with Gasteiger partial charge in [-0.3, -0.25) is 4.79 Å². The lowest BCUT2D eigenvalue weighted by molar-refractivity contribution is -0.0586. The number of nitrogens with zero attached hydrogens (tertiary/aromatic N) is 1. The van der Waals surface area contributed by atoms with E-state index in [1.165, 1.54) is 6.26 Å². The Morgan fingerprint density at radius 1 is 1.19 bits per heavy atom. The lowest BCUT2D eigenvalue weighted by Gasteiger charge is -2.35. The summed E-state index contributed by atoms with van der Waals surface area (Å²) in [6.45, 7) is 5.05. The average Bonchev–Trinajstić information content (AvgIpc) is 2.35. The summed E-state index contributed by atoms with van der Waals surface area (Å²) in [7, 11) is -3.06. The molecule has 0 saturated carbocycles. The summed E-state index contributed by atoms with van der Waals surface area (Å²) >= 11 is 0. The van der Waals surface area contributed by atoms with E-state index in [9.17, 15) is 13.2 Å². The van der Waals surface area contributed by atoms with Gasteiger partial charge in [0, 0.05) is 24.9 Å². The first kappa shape index (κ1) is 16.0. The number of sulfone groups is 1. The predicted molar refractivity (Wildman–Crippen MR) is 80.9 cm³/mol. The summed E-state index contributed by atoms with van der Waals surface area (Å²) in [6, 6.07) is 6.77. The van der Waals surface area contributed by atoms with Crippen molar-refractivity contribution in [1.82, 2.24) is 4.90 Å². The molecule has 2 rings (SSSR count). The van der Waals surface area contributed by atoms with Crippen molar-refractivity contribution in [3.05, 3.63) is 35.4 Å². The Bertz CT molecular complexity index is 599. The summed E-state index contributed by atoms with van der Waals surface area (Å²) in [5.41, 5.74) is 1.27. The van der Waals surface area contributed by atoms with Gasteiger partial charge in [0.2, 0.25) is 0 Å². The number of carbonyl (C=O) groups is 1. The number of carbonyl (C=O) groups excluding carboxylic acids is 1. The van der Waals surface area contributed by atoms with Crippen LogP contribution in [0.4, 0.5) is 0 Å². The highest BCUT2D eigenvalue weighted by Crippen LogP contribution is 2.15. The fraction of sp³-hybridized carbons (Fsp3) is 0.533. The second kappa shape index (κ2) is 6.15. The van der Waals surface area contributed by atoms with Gasteiger partial charge in [-0.05, 0) is 31.5 Å². The van der Waals surface area contributed by atoms with Gasteiger partial charge in [-0.15, -0.1) is 0 Å². The first-order valence-corrected chi connectivity index (χ1v) is 9.02. The van der Waals surface area contributed by atoms with Gasteiger partial charge in [-0.1, -0.05) is 12.1 Å². The van der Waals surface area contributed by atoms with Gasteiger partial charge in [0.25, 0.3) is 5.91 Å².